The number of nitrogens with one attached hydrogen (secondary N) is 1. The van der Waals surface area contributed by atoms with Crippen molar-refractivity contribution in [1.82, 2.24) is 5.32 Å². The first-order valence-corrected chi connectivity index (χ1v) is 5.70. The van der Waals surface area contributed by atoms with Crippen molar-refractivity contribution in [1.29, 1.82) is 0 Å². The Bertz CT molecular complexity index is 270. The van der Waals surface area contributed by atoms with Crippen molar-refractivity contribution < 1.29 is 9.90 Å². The van der Waals surface area contributed by atoms with Crippen molar-refractivity contribution in [3.05, 3.63) is 0 Å². The van der Waals surface area contributed by atoms with Gasteiger partial charge < -0.3 is 16.2 Å². The summed E-state index contributed by atoms with van der Waals surface area (Å²) in [7, 11) is 0. The van der Waals surface area contributed by atoms with Crippen LogP contribution in [0, 0.1) is 5.41 Å². The number of amides is 1. The third-order valence-electron chi connectivity index (χ3n) is 4.03. The largest absolute Gasteiger partial charge is 0.394 e. The maximum Gasteiger partial charge on any atom is 0.226 e. The monoisotopic (exact) mass is 212 g/mol. The van der Waals surface area contributed by atoms with E-state index in [1.165, 1.54) is 0 Å². The Labute approximate surface area is 90.2 Å². The molecule has 86 valence electrons. The lowest BCUT2D eigenvalue weighted by Crippen LogP contribution is -2.44. The van der Waals surface area contributed by atoms with Crippen molar-refractivity contribution in [3.63, 3.8) is 0 Å². The van der Waals surface area contributed by atoms with Gasteiger partial charge in [-0.2, -0.15) is 0 Å². The molecule has 0 aromatic heterocycles. The highest BCUT2D eigenvalue weighted by Gasteiger charge is 2.56. The number of nitrogens with two attached hydrogens (primary N) is 1. The van der Waals surface area contributed by atoms with E-state index in [-0.39, 0.29) is 29.5 Å². The van der Waals surface area contributed by atoms with Gasteiger partial charge in [-0.3, -0.25) is 4.79 Å². The second-order valence-electron chi connectivity index (χ2n) is 5.38. The molecule has 0 aliphatic heterocycles. The van der Waals surface area contributed by atoms with E-state index in [0.717, 1.165) is 32.1 Å². The highest BCUT2D eigenvalue weighted by Crippen LogP contribution is 2.55. The fourth-order valence-corrected chi connectivity index (χ4v) is 2.98. The minimum atomic E-state index is -0.224. The number of hydrogen-bond acceptors (Lipinski definition) is 3. The molecular weight excluding hydrogens is 192 g/mol. The Morgan fingerprint density at radius 1 is 1.47 bits per heavy atom. The van der Waals surface area contributed by atoms with Gasteiger partial charge in [0, 0.05) is 11.6 Å². The Hall–Kier alpha value is -0.610. The maximum absolute atomic E-state index is 12.1. The lowest BCUT2D eigenvalue weighted by atomic mass is 9.83. The molecule has 0 saturated heterocycles. The standard InChI is InChI=1S/C11H20N2O2/c1-8(6-14)13-9(15)10-2-4-11(12,7-10)5-3-10/h8,14H,2-7,12H2,1H3,(H,13,15). The van der Waals surface area contributed by atoms with E-state index in [1.54, 1.807) is 0 Å². The normalized spacial score (nSPS) is 40.5. The van der Waals surface area contributed by atoms with Crippen LogP contribution in [0.5, 0.6) is 0 Å². The minimum Gasteiger partial charge on any atom is -0.394 e. The van der Waals surface area contributed by atoms with Crippen molar-refractivity contribution in [2.45, 2.75) is 50.6 Å². The molecule has 1 amide bonds. The fraction of sp³-hybridized carbons (Fsp3) is 0.909. The first-order valence-electron chi connectivity index (χ1n) is 5.70. The van der Waals surface area contributed by atoms with E-state index in [2.05, 4.69) is 5.32 Å². The van der Waals surface area contributed by atoms with Gasteiger partial charge in [0.2, 0.25) is 5.91 Å². The van der Waals surface area contributed by atoms with Crippen LogP contribution in [-0.2, 0) is 4.79 Å². The van der Waals surface area contributed by atoms with E-state index in [9.17, 15) is 4.79 Å². The molecule has 0 spiro atoms. The molecule has 0 aromatic carbocycles. The van der Waals surface area contributed by atoms with Crippen LogP contribution in [0.1, 0.15) is 39.0 Å². The van der Waals surface area contributed by atoms with Crippen LogP contribution in [-0.4, -0.2) is 29.2 Å². The van der Waals surface area contributed by atoms with E-state index < -0.39 is 0 Å². The molecule has 4 N–H and O–H groups in total. The lowest BCUT2D eigenvalue weighted by Gasteiger charge is -2.26. The van der Waals surface area contributed by atoms with Crippen molar-refractivity contribution in [3.8, 4) is 0 Å². The van der Waals surface area contributed by atoms with Crippen molar-refractivity contribution in [2.24, 2.45) is 11.1 Å². The molecular formula is C11H20N2O2. The SMILES string of the molecule is CC(CO)NC(=O)C12CCC(N)(CC1)C2. The highest BCUT2D eigenvalue weighted by atomic mass is 16.3. The van der Waals surface area contributed by atoms with Gasteiger partial charge in [0.1, 0.15) is 0 Å². The molecule has 4 heteroatoms. The Morgan fingerprint density at radius 2 is 2.07 bits per heavy atom. The lowest BCUT2D eigenvalue weighted by molar-refractivity contribution is -0.131. The number of carbonyl (C=O) groups is 1. The molecule has 2 bridgehead atoms. The van der Waals surface area contributed by atoms with Crippen LogP contribution >= 0.6 is 0 Å². The van der Waals surface area contributed by atoms with Crippen LogP contribution in [0.2, 0.25) is 0 Å². The Balaban J connectivity index is 2.02. The maximum atomic E-state index is 12.1. The Kier molecular flexibility index (Phi) is 2.51. The van der Waals surface area contributed by atoms with Gasteiger partial charge in [0.05, 0.1) is 12.0 Å². The predicted octanol–water partition coefficient (Wildman–Crippen LogP) is 0.145. The van der Waals surface area contributed by atoms with Gasteiger partial charge in [0.25, 0.3) is 0 Å². The molecule has 0 radical (unpaired) electrons. The summed E-state index contributed by atoms with van der Waals surface area (Å²) in [4.78, 5) is 12.1. The summed E-state index contributed by atoms with van der Waals surface area (Å²) in [6, 6.07) is -0.153. The number of aliphatic hydroxyl groups excluding tert-OH is 1. The van der Waals surface area contributed by atoms with Gasteiger partial charge in [0.15, 0.2) is 0 Å². The quantitative estimate of drug-likeness (QED) is 0.623. The number of carbonyl (C=O) groups excluding carboxylic acids is 1. The average molecular weight is 212 g/mol. The summed E-state index contributed by atoms with van der Waals surface area (Å²) < 4.78 is 0. The van der Waals surface area contributed by atoms with Gasteiger partial charge >= 0.3 is 0 Å². The average Bonchev–Trinajstić information content (AvgIpc) is 2.72. The molecule has 4 nitrogen and oxygen atoms in total. The third kappa shape index (κ3) is 1.76. The van der Waals surface area contributed by atoms with E-state index in [1.807, 2.05) is 6.92 Å². The topological polar surface area (TPSA) is 75.3 Å². The molecule has 15 heavy (non-hydrogen) atoms. The molecule has 1 atom stereocenters. The van der Waals surface area contributed by atoms with Crippen LogP contribution in [0.3, 0.4) is 0 Å². The second kappa shape index (κ2) is 3.46. The summed E-state index contributed by atoms with van der Waals surface area (Å²) in [6.45, 7) is 1.81. The van der Waals surface area contributed by atoms with E-state index in [4.69, 9.17) is 10.8 Å². The zero-order valence-electron chi connectivity index (χ0n) is 9.25. The van der Waals surface area contributed by atoms with Crippen LogP contribution in [0.25, 0.3) is 0 Å². The molecule has 1 unspecified atom stereocenters. The zero-order valence-corrected chi connectivity index (χ0v) is 9.25. The Morgan fingerprint density at radius 3 is 2.47 bits per heavy atom. The number of aliphatic hydroxyl groups is 1. The number of fused-ring (bicyclic) bond motifs is 2. The highest BCUT2D eigenvalue weighted by molar-refractivity contribution is 5.84. The van der Waals surface area contributed by atoms with Crippen molar-refractivity contribution >= 4 is 5.91 Å². The predicted molar refractivity (Wildman–Crippen MR) is 57.1 cm³/mol. The summed E-state index contributed by atoms with van der Waals surface area (Å²) in [5.74, 6) is 0.0916. The van der Waals surface area contributed by atoms with Crippen molar-refractivity contribution in [2.75, 3.05) is 6.61 Å². The van der Waals surface area contributed by atoms with E-state index >= 15 is 0 Å². The molecule has 2 aliphatic rings. The van der Waals surface area contributed by atoms with Crippen LogP contribution in [0.4, 0.5) is 0 Å². The van der Waals surface area contributed by atoms with Crippen LogP contribution in [0.15, 0.2) is 0 Å². The number of hydrogen-bond donors (Lipinski definition) is 3. The van der Waals surface area contributed by atoms with E-state index in [0.29, 0.717) is 0 Å². The van der Waals surface area contributed by atoms with Crippen LogP contribution < -0.4 is 11.1 Å². The molecule has 0 heterocycles. The van der Waals surface area contributed by atoms with Gasteiger partial charge in [-0.25, -0.2) is 0 Å². The minimum absolute atomic E-state index is 0.00438. The second-order valence-corrected chi connectivity index (χ2v) is 5.38. The first kappa shape index (κ1) is 10.9. The molecule has 2 saturated carbocycles. The van der Waals surface area contributed by atoms with Gasteiger partial charge in [-0.15, -0.1) is 0 Å². The molecule has 2 fully saturated rings. The smallest absolute Gasteiger partial charge is 0.226 e. The van der Waals surface area contributed by atoms with Gasteiger partial charge in [-0.05, 0) is 39.0 Å². The zero-order chi connectivity index (χ0) is 11.1. The summed E-state index contributed by atoms with van der Waals surface area (Å²) >= 11 is 0. The fourth-order valence-electron chi connectivity index (χ4n) is 2.98. The van der Waals surface area contributed by atoms with Gasteiger partial charge in [-0.1, -0.05) is 0 Å². The summed E-state index contributed by atoms with van der Waals surface area (Å²) in [5.41, 5.74) is 5.85. The molecule has 2 aliphatic carbocycles. The summed E-state index contributed by atoms with van der Waals surface area (Å²) in [5, 5.41) is 11.8. The molecule has 0 aromatic rings. The third-order valence-corrected chi connectivity index (χ3v) is 4.03. The molecule has 2 rings (SSSR count). The first-order chi connectivity index (χ1) is 7.00. The summed E-state index contributed by atoms with van der Waals surface area (Å²) in [6.07, 6.45) is 4.58. The number of rotatable bonds is 3.